The Kier molecular flexibility index (Phi) is 5.81. The molecular weight excluding hydrogens is 392 g/mol. The zero-order chi connectivity index (χ0) is 21.1. The first-order valence-corrected chi connectivity index (χ1v) is 10.9. The molecular formula is C25H24N2O2S. The molecule has 0 bridgehead atoms. The second-order valence-corrected chi connectivity index (χ2v) is 8.42. The Morgan fingerprint density at radius 2 is 1.80 bits per heavy atom. The summed E-state index contributed by atoms with van der Waals surface area (Å²) in [5.74, 6) is 0.556. The molecule has 1 amide bonds. The number of anilines is 1. The van der Waals surface area contributed by atoms with Gasteiger partial charge in [0.25, 0.3) is 5.91 Å². The van der Waals surface area contributed by atoms with Gasteiger partial charge in [0.15, 0.2) is 6.10 Å². The van der Waals surface area contributed by atoms with Crippen LogP contribution in [0.3, 0.4) is 0 Å². The normalized spacial score (nSPS) is 12.0. The van der Waals surface area contributed by atoms with Crippen LogP contribution in [-0.4, -0.2) is 17.0 Å². The van der Waals surface area contributed by atoms with Crippen LogP contribution in [0.2, 0.25) is 0 Å². The van der Waals surface area contributed by atoms with Crippen LogP contribution in [0, 0.1) is 13.8 Å². The molecule has 0 aliphatic rings. The maximum Gasteiger partial charge on any atom is 0.265 e. The van der Waals surface area contributed by atoms with E-state index >= 15 is 0 Å². The minimum absolute atomic E-state index is 0.151. The number of aromatic nitrogens is 1. The highest BCUT2D eigenvalue weighted by Crippen LogP contribution is 2.31. The zero-order valence-electron chi connectivity index (χ0n) is 17.3. The molecule has 0 radical (unpaired) electrons. The Morgan fingerprint density at radius 1 is 1.03 bits per heavy atom. The maximum atomic E-state index is 12.7. The predicted octanol–water partition coefficient (Wildman–Crippen LogP) is 6.38. The summed E-state index contributed by atoms with van der Waals surface area (Å²) in [7, 11) is 0. The molecule has 1 aromatic heterocycles. The van der Waals surface area contributed by atoms with Crippen LogP contribution in [-0.2, 0) is 4.79 Å². The first-order chi connectivity index (χ1) is 14.5. The molecule has 0 spiro atoms. The number of aryl methyl sites for hydroxylation is 2. The Labute approximate surface area is 180 Å². The summed E-state index contributed by atoms with van der Waals surface area (Å²) < 4.78 is 7.08. The summed E-state index contributed by atoms with van der Waals surface area (Å²) >= 11 is 1.68. The largest absolute Gasteiger partial charge is 0.481 e. The lowest BCUT2D eigenvalue weighted by atomic mass is 10.2. The first-order valence-electron chi connectivity index (χ1n) is 10.0. The number of carbonyl (C=O) groups excluding carboxylic acids is 1. The average Bonchev–Trinajstić information content (AvgIpc) is 3.15. The van der Waals surface area contributed by atoms with Crippen LogP contribution >= 0.6 is 11.3 Å². The molecule has 1 N–H and O–H groups in total. The number of hydrogen-bond donors (Lipinski definition) is 1. The molecule has 3 aromatic carbocycles. The van der Waals surface area contributed by atoms with Gasteiger partial charge in [-0.1, -0.05) is 25.1 Å². The van der Waals surface area contributed by atoms with Gasteiger partial charge in [-0.05, 0) is 79.9 Å². The smallest absolute Gasteiger partial charge is 0.265 e. The Balaban J connectivity index is 1.45. The molecule has 0 saturated carbocycles. The van der Waals surface area contributed by atoms with Gasteiger partial charge in [-0.15, -0.1) is 11.3 Å². The van der Waals surface area contributed by atoms with E-state index < -0.39 is 6.10 Å². The molecule has 0 aliphatic heterocycles. The lowest BCUT2D eigenvalue weighted by molar-refractivity contribution is -0.122. The average molecular weight is 417 g/mol. The van der Waals surface area contributed by atoms with Crippen LogP contribution in [0.5, 0.6) is 5.75 Å². The van der Waals surface area contributed by atoms with E-state index in [0.29, 0.717) is 12.2 Å². The van der Waals surface area contributed by atoms with Crippen molar-refractivity contribution >= 4 is 33.1 Å². The minimum Gasteiger partial charge on any atom is -0.481 e. The molecule has 0 saturated heterocycles. The van der Waals surface area contributed by atoms with Crippen molar-refractivity contribution in [3.8, 4) is 16.3 Å². The highest BCUT2D eigenvalue weighted by molar-refractivity contribution is 7.21. The second kappa shape index (κ2) is 8.67. The molecule has 1 unspecified atom stereocenters. The van der Waals surface area contributed by atoms with Crippen LogP contribution in [0.15, 0.2) is 66.7 Å². The van der Waals surface area contributed by atoms with E-state index in [1.54, 1.807) is 11.3 Å². The van der Waals surface area contributed by atoms with E-state index in [9.17, 15) is 4.79 Å². The summed E-state index contributed by atoms with van der Waals surface area (Å²) in [6, 6.07) is 21.8. The van der Waals surface area contributed by atoms with Gasteiger partial charge < -0.3 is 10.1 Å². The van der Waals surface area contributed by atoms with Crippen LogP contribution in [0.25, 0.3) is 20.8 Å². The maximum absolute atomic E-state index is 12.7. The molecule has 4 aromatic rings. The van der Waals surface area contributed by atoms with Crippen molar-refractivity contribution in [2.75, 3.05) is 5.32 Å². The first kappa shape index (κ1) is 20.1. The van der Waals surface area contributed by atoms with Gasteiger partial charge in [0.2, 0.25) is 0 Å². The van der Waals surface area contributed by atoms with E-state index in [1.807, 2.05) is 62.4 Å². The quantitative estimate of drug-likeness (QED) is 0.397. The number of rotatable bonds is 6. The SMILES string of the molecule is CCC(Oc1cccc(C)c1)C(=O)Nc1ccc(-c2nc3ccc(C)cc3s2)cc1. The molecule has 1 atom stereocenters. The predicted molar refractivity (Wildman–Crippen MR) is 124 cm³/mol. The van der Waals surface area contributed by atoms with Crippen LogP contribution < -0.4 is 10.1 Å². The third-order valence-corrected chi connectivity index (χ3v) is 5.94. The molecule has 0 aliphatic carbocycles. The number of thiazole rings is 1. The van der Waals surface area contributed by atoms with E-state index in [0.717, 1.165) is 27.3 Å². The van der Waals surface area contributed by atoms with Crippen molar-refractivity contribution in [2.45, 2.75) is 33.3 Å². The van der Waals surface area contributed by atoms with Crippen LogP contribution in [0.4, 0.5) is 5.69 Å². The van der Waals surface area contributed by atoms with Gasteiger partial charge in [-0.25, -0.2) is 4.98 Å². The number of nitrogens with zero attached hydrogens (tertiary/aromatic N) is 1. The Hall–Kier alpha value is -3.18. The van der Waals surface area contributed by atoms with Crippen molar-refractivity contribution in [2.24, 2.45) is 0 Å². The number of benzene rings is 3. The van der Waals surface area contributed by atoms with E-state index in [2.05, 4.69) is 30.4 Å². The Bertz CT molecular complexity index is 1180. The molecule has 4 nitrogen and oxygen atoms in total. The van der Waals surface area contributed by atoms with Crippen molar-refractivity contribution in [1.82, 2.24) is 4.98 Å². The van der Waals surface area contributed by atoms with Gasteiger partial charge in [-0.2, -0.15) is 0 Å². The van der Waals surface area contributed by atoms with Gasteiger partial charge in [0, 0.05) is 11.3 Å². The molecule has 4 rings (SSSR count). The third-order valence-electron chi connectivity index (χ3n) is 4.87. The summed E-state index contributed by atoms with van der Waals surface area (Å²) in [5.41, 5.74) is 5.12. The van der Waals surface area contributed by atoms with E-state index in [1.165, 1.54) is 10.3 Å². The highest BCUT2D eigenvalue weighted by atomic mass is 32.1. The molecule has 0 fully saturated rings. The standard InChI is InChI=1S/C25H24N2O2S/c1-4-22(29-20-7-5-6-16(2)14-20)24(28)26-19-11-9-18(10-12-19)25-27-21-13-8-17(3)15-23(21)30-25/h5-15,22H,4H2,1-3H3,(H,26,28). The van der Waals surface area contributed by atoms with Crippen molar-refractivity contribution in [3.05, 3.63) is 77.9 Å². The fourth-order valence-corrected chi connectivity index (χ4v) is 4.32. The number of amides is 1. The monoisotopic (exact) mass is 416 g/mol. The van der Waals surface area contributed by atoms with Gasteiger partial charge in [-0.3, -0.25) is 4.79 Å². The van der Waals surface area contributed by atoms with Crippen LogP contribution in [0.1, 0.15) is 24.5 Å². The number of carbonyl (C=O) groups is 1. The topological polar surface area (TPSA) is 51.2 Å². The fraction of sp³-hybridized carbons (Fsp3) is 0.200. The van der Waals surface area contributed by atoms with Gasteiger partial charge >= 0.3 is 0 Å². The molecule has 1 heterocycles. The lowest BCUT2D eigenvalue weighted by Crippen LogP contribution is -2.32. The summed E-state index contributed by atoms with van der Waals surface area (Å²) in [5, 5.41) is 3.93. The number of ether oxygens (including phenoxy) is 1. The second-order valence-electron chi connectivity index (χ2n) is 7.39. The summed E-state index contributed by atoms with van der Waals surface area (Å²) in [4.78, 5) is 17.4. The minimum atomic E-state index is -0.543. The molecule has 152 valence electrons. The van der Waals surface area contributed by atoms with Gasteiger partial charge in [0.05, 0.1) is 10.2 Å². The number of fused-ring (bicyclic) bond motifs is 1. The van der Waals surface area contributed by atoms with E-state index in [-0.39, 0.29) is 5.91 Å². The van der Waals surface area contributed by atoms with Crippen molar-refractivity contribution in [1.29, 1.82) is 0 Å². The van der Waals surface area contributed by atoms with Crippen molar-refractivity contribution < 1.29 is 9.53 Å². The summed E-state index contributed by atoms with van der Waals surface area (Å²) in [6.07, 6.45) is 0.0437. The molecule has 5 heteroatoms. The zero-order valence-corrected chi connectivity index (χ0v) is 18.1. The Morgan fingerprint density at radius 3 is 2.53 bits per heavy atom. The highest BCUT2D eigenvalue weighted by Gasteiger charge is 2.18. The van der Waals surface area contributed by atoms with Crippen molar-refractivity contribution in [3.63, 3.8) is 0 Å². The molecule has 30 heavy (non-hydrogen) atoms. The van der Waals surface area contributed by atoms with Gasteiger partial charge in [0.1, 0.15) is 10.8 Å². The lowest BCUT2D eigenvalue weighted by Gasteiger charge is -2.17. The fourth-order valence-electron chi connectivity index (χ4n) is 3.25. The summed E-state index contributed by atoms with van der Waals surface area (Å²) in [6.45, 7) is 6.03. The third kappa shape index (κ3) is 4.52. The number of hydrogen-bond acceptors (Lipinski definition) is 4. The number of nitrogens with one attached hydrogen (secondary N) is 1. The van der Waals surface area contributed by atoms with E-state index in [4.69, 9.17) is 9.72 Å².